The fourth-order valence-electron chi connectivity index (χ4n) is 0.925. The van der Waals surface area contributed by atoms with Gasteiger partial charge in [-0.25, -0.2) is 4.68 Å². The highest BCUT2D eigenvalue weighted by Crippen LogP contribution is 2.02. The van der Waals surface area contributed by atoms with E-state index in [4.69, 9.17) is 0 Å². The fourth-order valence-corrected chi connectivity index (χ4v) is 0.925. The fraction of sp³-hybridized carbons (Fsp3) is 0.143. The summed E-state index contributed by atoms with van der Waals surface area (Å²) in [5.74, 6) is 0.826. The molecule has 2 rings (SSSR count). The Morgan fingerprint density at radius 2 is 2.45 bits per heavy atom. The van der Waals surface area contributed by atoms with E-state index in [9.17, 15) is 0 Å². The van der Waals surface area contributed by atoms with Gasteiger partial charge in [0.2, 0.25) is 0 Å². The molecule has 11 heavy (non-hydrogen) atoms. The molecule has 1 N–H and O–H groups in total. The summed E-state index contributed by atoms with van der Waals surface area (Å²) in [5, 5.41) is 10.9. The Balaban J connectivity index is 2.45. The second-order valence-electron chi connectivity index (χ2n) is 2.36. The van der Waals surface area contributed by atoms with E-state index in [1.54, 1.807) is 10.9 Å². The van der Waals surface area contributed by atoms with Gasteiger partial charge in [-0.05, 0) is 13.0 Å². The molecule has 0 fully saturated rings. The maximum Gasteiger partial charge on any atom is 0.175 e. The Morgan fingerprint density at radius 1 is 1.55 bits per heavy atom. The number of rotatable bonds is 1. The maximum atomic E-state index is 4.03. The Bertz CT molecular complexity index is 333. The predicted molar refractivity (Wildman–Crippen MR) is 40.4 cm³/mol. The van der Waals surface area contributed by atoms with Crippen LogP contribution in [0, 0.1) is 6.92 Å². The van der Waals surface area contributed by atoms with Crippen LogP contribution in [0.1, 0.15) is 5.69 Å². The van der Waals surface area contributed by atoms with Crippen molar-refractivity contribution in [2.24, 2.45) is 0 Å². The van der Waals surface area contributed by atoms with Crippen molar-refractivity contribution in [3.8, 4) is 5.82 Å². The first-order chi connectivity index (χ1) is 5.36. The zero-order valence-electron chi connectivity index (χ0n) is 6.15. The van der Waals surface area contributed by atoms with Crippen molar-refractivity contribution < 1.29 is 0 Å². The zero-order valence-corrected chi connectivity index (χ0v) is 6.15. The standard InChI is InChI=1S/C7H8N4/c1-6-5-7(10-9-6)11-4-2-3-8-11/h2-5H,1H3,(H,9,10). The summed E-state index contributed by atoms with van der Waals surface area (Å²) in [7, 11) is 0. The van der Waals surface area contributed by atoms with Crippen molar-refractivity contribution in [1.29, 1.82) is 0 Å². The highest BCUT2D eigenvalue weighted by molar-refractivity contribution is 5.21. The molecule has 0 amide bonds. The molecule has 0 aliphatic carbocycles. The third kappa shape index (κ3) is 1.02. The van der Waals surface area contributed by atoms with Gasteiger partial charge in [0.15, 0.2) is 5.82 Å². The Morgan fingerprint density at radius 3 is 3.00 bits per heavy atom. The van der Waals surface area contributed by atoms with Crippen molar-refractivity contribution >= 4 is 0 Å². The van der Waals surface area contributed by atoms with Gasteiger partial charge in [0.05, 0.1) is 0 Å². The van der Waals surface area contributed by atoms with Crippen molar-refractivity contribution in [3.05, 3.63) is 30.2 Å². The number of hydrogen-bond donors (Lipinski definition) is 1. The molecule has 0 aliphatic rings. The van der Waals surface area contributed by atoms with E-state index in [1.807, 2.05) is 25.3 Å². The first-order valence-corrected chi connectivity index (χ1v) is 3.38. The molecular weight excluding hydrogens is 140 g/mol. The number of hydrogen-bond acceptors (Lipinski definition) is 2. The van der Waals surface area contributed by atoms with Gasteiger partial charge in [-0.1, -0.05) is 0 Å². The molecule has 0 bridgehead atoms. The predicted octanol–water partition coefficient (Wildman–Crippen LogP) is 0.904. The molecule has 2 aromatic heterocycles. The molecule has 4 nitrogen and oxygen atoms in total. The molecule has 0 aliphatic heterocycles. The van der Waals surface area contributed by atoms with E-state index in [-0.39, 0.29) is 0 Å². The number of aromatic amines is 1. The summed E-state index contributed by atoms with van der Waals surface area (Å²) >= 11 is 0. The first-order valence-electron chi connectivity index (χ1n) is 3.38. The van der Waals surface area contributed by atoms with Crippen LogP contribution < -0.4 is 0 Å². The minimum atomic E-state index is 0.826. The van der Waals surface area contributed by atoms with Gasteiger partial charge in [-0.15, -0.1) is 0 Å². The average molecular weight is 148 g/mol. The topological polar surface area (TPSA) is 46.5 Å². The molecular formula is C7H8N4. The van der Waals surface area contributed by atoms with Gasteiger partial charge < -0.3 is 0 Å². The SMILES string of the molecule is Cc1cc(-n2cccn2)n[nH]1. The normalized spacial score (nSPS) is 10.3. The molecule has 56 valence electrons. The van der Waals surface area contributed by atoms with Crippen LogP contribution in [0.3, 0.4) is 0 Å². The van der Waals surface area contributed by atoms with E-state index in [2.05, 4.69) is 15.3 Å². The van der Waals surface area contributed by atoms with Crippen molar-refractivity contribution in [2.45, 2.75) is 6.92 Å². The lowest BCUT2D eigenvalue weighted by atomic mass is 10.5. The van der Waals surface area contributed by atoms with Crippen molar-refractivity contribution in [2.75, 3.05) is 0 Å². The Labute approximate surface area is 63.9 Å². The summed E-state index contributed by atoms with van der Waals surface area (Å²) in [6.45, 7) is 1.96. The molecule has 4 heteroatoms. The van der Waals surface area contributed by atoms with Crippen LogP contribution in [-0.2, 0) is 0 Å². The first kappa shape index (κ1) is 6.15. The van der Waals surface area contributed by atoms with Crippen molar-refractivity contribution in [3.63, 3.8) is 0 Å². The Hall–Kier alpha value is -1.58. The van der Waals surface area contributed by atoms with Gasteiger partial charge in [-0.3, -0.25) is 5.10 Å². The molecule has 0 aromatic carbocycles. The summed E-state index contributed by atoms with van der Waals surface area (Å²) < 4.78 is 1.71. The highest BCUT2D eigenvalue weighted by Gasteiger charge is 1.97. The number of H-pyrrole nitrogens is 1. The molecule has 0 saturated carbocycles. The third-order valence-corrected chi connectivity index (χ3v) is 1.43. The van der Waals surface area contributed by atoms with Gasteiger partial charge in [-0.2, -0.15) is 10.2 Å². The van der Waals surface area contributed by atoms with E-state index in [0.29, 0.717) is 0 Å². The van der Waals surface area contributed by atoms with Crippen LogP contribution in [-0.4, -0.2) is 20.0 Å². The zero-order chi connectivity index (χ0) is 7.68. The lowest BCUT2D eigenvalue weighted by molar-refractivity contribution is 0.835. The second kappa shape index (κ2) is 2.23. The monoisotopic (exact) mass is 148 g/mol. The van der Waals surface area contributed by atoms with Crippen LogP contribution in [0.15, 0.2) is 24.5 Å². The van der Waals surface area contributed by atoms with Crippen LogP contribution in [0.2, 0.25) is 0 Å². The summed E-state index contributed by atoms with van der Waals surface area (Å²) in [5.41, 5.74) is 1.04. The van der Waals surface area contributed by atoms with E-state index in [1.165, 1.54) is 0 Å². The summed E-state index contributed by atoms with van der Waals surface area (Å²) in [6, 6.07) is 3.80. The quantitative estimate of drug-likeness (QED) is 0.653. The number of aromatic nitrogens is 4. The maximum absolute atomic E-state index is 4.03. The highest BCUT2D eigenvalue weighted by atomic mass is 15.3. The minimum absolute atomic E-state index is 0.826. The molecule has 0 atom stereocenters. The molecule has 0 saturated heterocycles. The lowest BCUT2D eigenvalue weighted by Gasteiger charge is -1.90. The van der Waals surface area contributed by atoms with Gasteiger partial charge in [0, 0.05) is 24.2 Å². The number of aryl methyl sites for hydroxylation is 1. The smallest absolute Gasteiger partial charge is 0.175 e. The third-order valence-electron chi connectivity index (χ3n) is 1.43. The van der Waals surface area contributed by atoms with Crippen LogP contribution in [0.5, 0.6) is 0 Å². The average Bonchev–Trinajstić information content (AvgIpc) is 2.55. The lowest BCUT2D eigenvalue weighted by Crippen LogP contribution is -1.93. The van der Waals surface area contributed by atoms with Gasteiger partial charge in [0.25, 0.3) is 0 Å². The summed E-state index contributed by atoms with van der Waals surface area (Å²) in [4.78, 5) is 0. The van der Waals surface area contributed by atoms with Crippen LogP contribution in [0.4, 0.5) is 0 Å². The second-order valence-corrected chi connectivity index (χ2v) is 2.36. The summed E-state index contributed by atoms with van der Waals surface area (Å²) in [6.07, 6.45) is 3.58. The van der Waals surface area contributed by atoms with Crippen molar-refractivity contribution in [1.82, 2.24) is 20.0 Å². The van der Waals surface area contributed by atoms with E-state index in [0.717, 1.165) is 11.5 Å². The molecule has 0 spiro atoms. The van der Waals surface area contributed by atoms with E-state index < -0.39 is 0 Å². The number of nitrogens with one attached hydrogen (secondary N) is 1. The molecule has 0 radical (unpaired) electrons. The minimum Gasteiger partial charge on any atom is -0.281 e. The van der Waals surface area contributed by atoms with Crippen LogP contribution in [0.25, 0.3) is 5.82 Å². The Kier molecular flexibility index (Phi) is 1.25. The number of nitrogens with zero attached hydrogens (tertiary/aromatic N) is 3. The van der Waals surface area contributed by atoms with Crippen LogP contribution >= 0.6 is 0 Å². The molecule has 0 unspecified atom stereocenters. The molecule has 2 heterocycles. The largest absolute Gasteiger partial charge is 0.281 e. The van der Waals surface area contributed by atoms with Gasteiger partial charge in [0.1, 0.15) is 0 Å². The van der Waals surface area contributed by atoms with E-state index >= 15 is 0 Å². The molecule has 2 aromatic rings. The van der Waals surface area contributed by atoms with Gasteiger partial charge >= 0.3 is 0 Å².